The van der Waals surface area contributed by atoms with Gasteiger partial charge in [-0.2, -0.15) is 0 Å². The number of carbonyl (C=O) groups excluding carboxylic acids is 1. The van der Waals surface area contributed by atoms with Gasteiger partial charge in [0.05, 0.1) is 0 Å². The fraction of sp³-hybridized carbons (Fsp3) is 0.200. The van der Waals surface area contributed by atoms with E-state index >= 15 is 0 Å². The van der Waals surface area contributed by atoms with Gasteiger partial charge < -0.3 is 16.8 Å². The van der Waals surface area contributed by atoms with Crippen molar-refractivity contribution in [1.29, 1.82) is 0 Å². The Morgan fingerprint density at radius 2 is 2.00 bits per heavy atom. The quantitative estimate of drug-likeness (QED) is 0.772. The summed E-state index contributed by atoms with van der Waals surface area (Å²) in [5.41, 5.74) is 14.1. The van der Waals surface area contributed by atoms with Gasteiger partial charge in [-0.25, -0.2) is 0 Å². The topological polar surface area (TPSA) is 94.0 Å². The van der Waals surface area contributed by atoms with E-state index in [1.165, 1.54) is 0 Å². The van der Waals surface area contributed by atoms with E-state index < -0.39 is 5.91 Å². The van der Waals surface area contributed by atoms with Crippen molar-refractivity contribution in [3.8, 4) is 0 Å². The molecule has 1 aromatic carbocycles. The third-order valence-corrected chi connectivity index (χ3v) is 3.11. The smallest absolute Gasteiger partial charge is 0.267 e. The van der Waals surface area contributed by atoms with E-state index in [1.807, 2.05) is 31.2 Å². The predicted molar refractivity (Wildman–Crippen MR) is 79.1 cm³/mol. The van der Waals surface area contributed by atoms with Crippen molar-refractivity contribution in [2.75, 3.05) is 5.32 Å². The average molecular weight is 270 g/mol. The summed E-state index contributed by atoms with van der Waals surface area (Å²) in [6.45, 7) is 2.58. The largest absolute Gasteiger partial charge is 0.378 e. The lowest BCUT2D eigenvalue weighted by molar-refractivity contribution is 0.0995. The molecule has 20 heavy (non-hydrogen) atoms. The van der Waals surface area contributed by atoms with Gasteiger partial charge in [-0.15, -0.1) is 0 Å². The van der Waals surface area contributed by atoms with Gasteiger partial charge in [-0.1, -0.05) is 24.3 Å². The molecular formula is C15H18N4O. The molecule has 0 aliphatic carbocycles. The molecule has 0 bridgehead atoms. The highest BCUT2D eigenvalue weighted by atomic mass is 16.1. The van der Waals surface area contributed by atoms with E-state index in [9.17, 15) is 4.79 Å². The molecular weight excluding hydrogens is 252 g/mol. The maximum absolute atomic E-state index is 11.1. The Hall–Kier alpha value is -2.40. The van der Waals surface area contributed by atoms with Crippen molar-refractivity contribution in [2.45, 2.75) is 19.5 Å². The lowest BCUT2D eigenvalue weighted by Crippen LogP contribution is -2.14. The first kappa shape index (κ1) is 14.0. The molecule has 5 heteroatoms. The predicted octanol–water partition coefficient (Wildman–Crippen LogP) is 1.81. The van der Waals surface area contributed by atoms with Crippen LogP contribution in [0.15, 0.2) is 42.6 Å². The van der Waals surface area contributed by atoms with E-state index in [-0.39, 0.29) is 11.7 Å². The maximum atomic E-state index is 11.1. The van der Waals surface area contributed by atoms with Gasteiger partial charge in [-0.05, 0) is 30.2 Å². The van der Waals surface area contributed by atoms with Crippen LogP contribution in [-0.2, 0) is 6.54 Å². The fourth-order valence-electron chi connectivity index (χ4n) is 1.93. The minimum Gasteiger partial charge on any atom is -0.378 e. The summed E-state index contributed by atoms with van der Waals surface area (Å²) in [6, 6.07) is 11.6. The average Bonchev–Trinajstić information content (AvgIpc) is 2.47. The minimum atomic E-state index is -0.534. The molecule has 5 N–H and O–H groups in total. The zero-order valence-corrected chi connectivity index (χ0v) is 11.3. The number of pyridine rings is 1. The Morgan fingerprint density at radius 3 is 2.60 bits per heavy atom. The molecule has 1 heterocycles. The molecule has 2 aromatic rings. The first-order valence-corrected chi connectivity index (χ1v) is 6.41. The fourth-order valence-corrected chi connectivity index (χ4v) is 1.93. The summed E-state index contributed by atoms with van der Waals surface area (Å²) in [7, 11) is 0. The van der Waals surface area contributed by atoms with E-state index in [0.29, 0.717) is 6.54 Å². The number of amides is 1. The van der Waals surface area contributed by atoms with Crippen LogP contribution >= 0.6 is 0 Å². The summed E-state index contributed by atoms with van der Waals surface area (Å²) >= 11 is 0. The zero-order chi connectivity index (χ0) is 14.5. The second kappa shape index (κ2) is 6.16. The number of anilines is 1. The Morgan fingerprint density at radius 1 is 1.30 bits per heavy atom. The number of primary amides is 1. The number of nitrogens with one attached hydrogen (secondary N) is 1. The molecule has 1 aromatic heterocycles. The van der Waals surface area contributed by atoms with Gasteiger partial charge in [0.25, 0.3) is 5.91 Å². The second-order valence-electron chi connectivity index (χ2n) is 4.61. The zero-order valence-electron chi connectivity index (χ0n) is 11.3. The van der Waals surface area contributed by atoms with Crippen LogP contribution in [0.3, 0.4) is 0 Å². The molecule has 0 fully saturated rings. The molecule has 0 radical (unpaired) electrons. The second-order valence-corrected chi connectivity index (χ2v) is 4.61. The lowest BCUT2D eigenvalue weighted by Gasteiger charge is -2.16. The summed E-state index contributed by atoms with van der Waals surface area (Å²) in [5, 5.41) is 3.31. The van der Waals surface area contributed by atoms with Crippen LogP contribution in [0.5, 0.6) is 0 Å². The van der Waals surface area contributed by atoms with Crippen LogP contribution in [0.25, 0.3) is 0 Å². The monoisotopic (exact) mass is 270 g/mol. The van der Waals surface area contributed by atoms with E-state index in [0.717, 1.165) is 16.8 Å². The molecule has 1 amide bonds. The Balaban J connectivity index is 2.12. The van der Waals surface area contributed by atoms with Gasteiger partial charge >= 0.3 is 0 Å². The maximum Gasteiger partial charge on any atom is 0.267 e. The van der Waals surface area contributed by atoms with Crippen LogP contribution in [0, 0.1) is 0 Å². The normalized spacial score (nSPS) is 11.9. The van der Waals surface area contributed by atoms with E-state index in [1.54, 1.807) is 18.3 Å². The van der Waals surface area contributed by atoms with Crippen molar-refractivity contribution < 1.29 is 4.79 Å². The third kappa shape index (κ3) is 3.33. The van der Waals surface area contributed by atoms with Crippen molar-refractivity contribution in [1.82, 2.24) is 4.98 Å². The van der Waals surface area contributed by atoms with Crippen molar-refractivity contribution in [3.63, 3.8) is 0 Å². The van der Waals surface area contributed by atoms with Gasteiger partial charge in [0.15, 0.2) is 0 Å². The van der Waals surface area contributed by atoms with Crippen molar-refractivity contribution >= 4 is 11.6 Å². The van der Waals surface area contributed by atoms with E-state index in [2.05, 4.69) is 10.3 Å². The third-order valence-electron chi connectivity index (χ3n) is 3.11. The highest BCUT2D eigenvalue weighted by Crippen LogP contribution is 2.19. The molecule has 1 atom stereocenters. The molecule has 2 rings (SSSR count). The SMILES string of the molecule is CC(Nc1ccnc(C(N)=O)c1)c1ccc(CN)cc1. The minimum absolute atomic E-state index is 0.102. The van der Waals surface area contributed by atoms with E-state index in [4.69, 9.17) is 11.5 Å². The number of hydrogen-bond acceptors (Lipinski definition) is 4. The first-order valence-electron chi connectivity index (χ1n) is 6.41. The molecule has 0 saturated carbocycles. The number of aromatic nitrogens is 1. The summed E-state index contributed by atoms with van der Waals surface area (Å²) in [4.78, 5) is 15.0. The standard InChI is InChI=1S/C15H18N4O/c1-10(12-4-2-11(9-16)3-5-12)19-13-6-7-18-14(8-13)15(17)20/h2-8,10H,9,16H2,1H3,(H2,17,20)(H,18,19). The number of nitrogens with two attached hydrogens (primary N) is 2. The molecule has 1 unspecified atom stereocenters. The van der Waals surface area contributed by atoms with Gasteiger partial charge in [-0.3, -0.25) is 9.78 Å². The number of nitrogens with zero attached hydrogens (tertiary/aromatic N) is 1. The summed E-state index contributed by atoms with van der Waals surface area (Å²) in [6.07, 6.45) is 1.56. The number of hydrogen-bond donors (Lipinski definition) is 3. The van der Waals surface area contributed by atoms with Crippen LogP contribution in [0.1, 0.15) is 34.6 Å². The van der Waals surface area contributed by atoms with Gasteiger partial charge in [0, 0.05) is 24.5 Å². The van der Waals surface area contributed by atoms with Crippen LogP contribution in [0.2, 0.25) is 0 Å². The molecule has 0 aliphatic heterocycles. The number of rotatable bonds is 5. The molecule has 5 nitrogen and oxygen atoms in total. The molecule has 0 saturated heterocycles. The van der Waals surface area contributed by atoms with Crippen molar-refractivity contribution in [2.24, 2.45) is 11.5 Å². The number of benzene rings is 1. The van der Waals surface area contributed by atoms with Crippen molar-refractivity contribution in [3.05, 3.63) is 59.4 Å². The van der Waals surface area contributed by atoms with Gasteiger partial charge in [0.2, 0.25) is 0 Å². The van der Waals surface area contributed by atoms with Crippen LogP contribution in [-0.4, -0.2) is 10.9 Å². The Bertz CT molecular complexity index is 595. The van der Waals surface area contributed by atoms with Gasteiger partial charge in [0.1, 0.15) is 5.69 Å². The highest BCUT2D eigenvalue weighted by molar-refractivity contribution is 5.91. The highest BCUT2D eigenvalue weighted by Gasteiger charge is 2.07. The Kier molecular flexibility index (Phi) is 4.32. The Labute approximate surface area is 118 Å². The van der Waals surface area contributed by atoms with Crippen LogP contribution < -0.4 is 16.8 Å². The summed E-state index contributed by atoms with van der Waals surface area (Å²) < 4.78 is 0. The van der Waals surface area contributed by atoms with Crippen LogP contribution in [0.4, 0.5) is 5.69 Å². The lowest BCUT2D eigenvalue weighted by atomic mass is 10.1. The molecule has 104 valence electrons. The molecule has 0 aliphatic rings. The number of carbonyl (C=O) groups is 1. The summed E-state index contributed by atoms with van der Waals surface area (Å²) in [5.74, 6) is -0.534. The first-order chi connectivity index (χ1) is 9.60. The molecule has 0 spiro atoms.